The molecular formula is C16H21FN2OS. The van der Waals surface area contributed by atoms with Gasteiger partial charge in [0.1, 0.15) is 16.6 Å². The number of aromatic hydroxyl groups is 1. The molecule has 114 valence electrons. The maximum Gasteiger partial charge on any atom is 0.137 e. The van der Waals surface area contributed by atoms with Crippen LogP contribution in [0.1, 0.15) is 38.3 Å². The third-order valence-electron chi connectivity index (χ3n) is 3.13. The highest BCUT2D eigenvalue weighted by atomic mass is 32.1. The number of nitrogens with one attached hydrogen (secondary N) is 1. The number of thiazole rings is 1. The zero-order valence-electron chi connectivity index (χ0n) is 12.8. The number of hydrogen-bond acceptors (Lipinski definition) is 4. The average molecular weight is 308 g/mol. The van der Waals surface area contributed by atoms with Crippen molar-refractivity contribution < 1.29 is 9.50 Å². The van der Waals surface area contributed by atoms with Crippen LogP contribution in [0.3, 0.4) is 0 Å². The van der Waals surface area contributed by atoms with Gasteiger partial charge in [-0.05, 0) is 18.7 Å². The molecule has 1 aromatic carbocycles. The lowest BCUT2D eigenvalue weighted by atomic mass is 9.91. The highest BCUT2D eigenvalue weighted by Gasteiger charge is 2.24. The third kappa shape index (κ3) is 3.60. The van der Waals surface area contributed by atoms with Crippen LogP contribution in [0.4, 0.5) is 4.39 Å². The first-order valence-electron chi connectivity index (χ1n) is 7.02. The second kappa shape index (κ2) is 6.12. The molecule has 0 saturated heterocycles. The first-order valence-corrected chi connectivity index (χ1v) is 7.84. The maximum absolute atomic E-state index is 14.0. The van der Waals surface area contributed by atoms with E-state index in [4.69, 9.17) is 0 Å². The summed E-state index contributed by atoms with van der Waals surface area (Å²) in [6, 6.07) is 4.19. The molecule has 2 aromatic rings. The van der Waals surface area contributed by atoms with Crippen LogP contribution in [0, 0.1) is 5.82 Å². The van der Waals surface area contributed by atoms with E-state index in [2.05, 4.69) is 38.0 Å². The Balaban J connectivity index is 2.47. The summed E-state index contributed by atoms with van der Waals surface area (Å²) in [5, 5.41) is 13.3. The van der Waals surface area contributed by atoms with Crippen molar-refractivity contribution in [3.8, 4) is 16.3 Å². The fourth-order valence-electron chi connectivity index (χ4n) is 2.09. The van der Waals surface area contributed by atoms with Gasteiger partial charge in [0.2, 0.25) is 0 Å². The predicted octanol–water partition coefficient (Wildman–Crippen LogP) is 4.06. The Morgan fingerprint density at radius 2 is 2.05 bits per heavy atom. The molecule has 2 rings (SSSR count). The molecule has 0 saturated carbocycles. The Labute approximate surface area is 128 Å². The van der Waals surface area contributed by atoms with E-state index in [9.17, 15) is 9.50 Å². The minimum absolute atomic E-state index is 0.0725. The molecule has 2 N–H and O–H groups in total. The third-order valence-corrected chi connectivity index (χ3v) is 4.22. The highest BCUT2D eigenvalue weighted by molar-refractivity contribution is 7.15. The van der Waals surface area contributed by atoms with Gasteiger partial charge in [-0.25, -0.2) is 9.37 Å². The number of halogens is 1. The molecule has 0 unspecified atom stereocenters. The van der Waals surface area contributed by atoms with E-state index in [0.717, 1.165) is 29.7 Å². The van der Waals surface area contributed by atoms with Gasteiger partial charge in [0, 0.05) is 28.5 Å². The average Bonchev–Trinajstić information content (AvgIpc) is 2.80. The molecule has 0 atom stereocenters. The topological polar surface area (TPSA) is 45.1 Å². The molecule has 5 heteroatoms. The lowest BCUT2D eigenvalue weighted by Gasteiger charge is -2.17. The number of rotatable bonds is 4. The van der Waals surface area contributed by atoms with Gasteiger partial charge >= 0.3 is 0 Å². The van der Waals surface area contributed by atoms with E-state index >= 15 is 0 Å². The van der Waals surface area contributed by atoms with Crippen molar-refractivity contribution in [2.45, 2.75) is 39.7 Å². The van der Waals surface area contributed by atoms with Crippen LogP contribution in [0.15, 0.2) is 18.2 Å². The number of aromatic nitrogens is 1. The van der Waals surface area contributed by atoms with Crippen molar-refractivity contribution in [1.29, 1.82) is 0 Å². The fourth-order valence-corrected chi connectivity index (χ4v) is 3.36. The van der Waals surface area contributed by atoms with E-state index in [0.29, 0.717) is 10.6 Å². The van der Waals surface area contributed by atoms with Crippen LogP contribution >= 0.6 is 11.3 Å². The van der Waals surface area contributed by atoms with Gasteiger partial charge in [-0.1, -0.05) is 27.7 Å². The summed E-state index contributed by atoms with van der Waals surface area (Å²) in [7, 11) is 0. The summed E-state index contributed by atoms with van der Waals surface area (Å²) in [5.41, 5.74) is 1.34. The molecule has 0 aliphatic heterocycles. The molecule has 0 fully saturated rings. The first-order chi connectivity index (χ1) is 9.82. The largest absolute Gasteiger partial charge is 0.508 e. The van der Waals surface area contributed by atoms with Gasteiger partial charge in [-0.2, -0.15) is 0 Å². The SMILES string of the molecule is CCNCc1sc(-c2ccc(O)cc2F)nc1C(C)(C)C. The lowest BCUT2D eigenvalue weighted by molar-refractivity contribution is 0.469. The van der Waals surface area contributed by atoms with E-state index in [1.54, 1.807) is 6.07 Å². The van der Waals surface area contributed by atoms with E-state index in [1.807, 2.05) is 0 Å². The second-order valence-corrected chi connectivity index (χ2v) is 7.07. The van der Waals surface area contributed by atoms with Crippen LogP contribution in [0.5, 0.6) is 5.75 Å². The van der Waals surface area contributed by atoms with E-state index in [-0.39, 0.29) is 11.2 Å². The number of phenols is 1. The summed E-state index contributed by atoms with van der Waals surface area (Å²) in [6.07, 6.45) is 0. The Kier molecular flexibility index (Phi) is 4.64. The minimum atomic E-state index is -0.445. The molecule has 1 heterocycles. The van der Waals surface area contributed by atoms with Crippen LogP contribution in [0.25, 0.3) is 10.6 Å². The van der Waals surface area contributed by atoms with Crippen molar-refractivity contribution in [3.63, 3.8) is 0 Å². The van der Waals surface area contributed by atoms with Gasteiger partial charge in [0.25, 0.3) is 0 Å². The van der Waals surface area contributed by atoms with Crippen LogP contribution in [0.2, 0.25) is 0 Å². The molecule has 0 bridgehead atoms. The Hall–Kier alpha value is -1.46. The zero-order valence-corrected chi connectivity index (χ0v) is 13.6. The Bertz CT molecular complexity index is 632. The minimum Gasteiger partial charge on any atom is -0.508 e. The quantitative estimate of drug-likeness (QED) is 0.895. The summed E-state index contributed by atoms with van der Waals surface area (Å²) < 4.78 is 14.0. The molecule has 3 nitrogen and oxygen atoms in total. The van der Waals surface area contributed by atoms with Crippen molar-refractivity contribution in [1.82, 2.24) is 10.3 Å². The molecular weight excluding hydrogens is 287 g/mol. The van der Waals surface area contributed by atoms with Gasteiger partial charge in [-0.15, -0.1) is 11.3 Å². The fraction of sp³-hybridized carbons (Fsp3) is 0.438. The van der Waals surface area contributed by atoms with Crippen LogP contribution in [-0.4, -0.2) is 16.6 Å². The standard InChI is InChI=1S/C16H21FN2OS/c1-5-18-9-13-14(16(2,3)4)19-15(21-13)11-7-6-10(20)8-12(11)17/h6-8,18,20H,5,9H2,1-4H3. The van der Waals surface area contributed by atoms with Gasteiger partial charge in [0.05, 0.1) is 5.69 Å². The molecule has 0 spiro atoms. The van der Waals surface area contributed by atoms with Gasteiger partial charge in [0.15, 0.2) is 0 Å². The monoisotopic (exact) mass is 308 g/mol. The van der Waals surface area contributed by atoms with E-state index in [1.165, 1.54) is 17.4 Å². The number of phenolic OH excluding ortho intramolecular Hbond substituents is 1. The van der Waals surface area contributed by atoms with E-state index < -0.39 is 5.82 Å². The molecule has 0 amide bonds. The molecule has 0 aliphatic carbocycles. The number of hydrogen-bond donors (Lipinski definition) is 2. The smallest absolute Gasteiger partial charge is 0.137 e. The molecule has 1 aromatic heterocycles. The number of nitrogens with zero attached hydrogens (tertiary/aromatic N) is 1. The van der Waals surface area contributed by atoms with Gasteiger partial charge in [-0.3, -0.25) is 0 Å². The van der Waals surface area contributed by atoms with Crippen LogP contribution < -0.4 is 5.32 Å². The van der Waals surface area contributed by atoms with Crippen molar-refractivity contribution in [2.24, 2.45) is 0 Å². The van der Waals surface area contributed by atoms with Crippen molar-refractivity contribution >= 4 is 11.3 Å². The molecule has 0 aliphatic rings. The number of benzene rings is 1. The summed E-state index contributed by atoms with van der Waals surface area (Å²) in [4.78, 5) is 5.78. The summed E-state index contributed by atoms with van der Waals surface area (Å²) >= 11 is 1.50. The Morgan fingerprint density at radius 3 is 2.62 bits per heavy atom. The lowest BCUT2D eigenvalue weighted by Crippen LogP contribution is -2.18. The Morgan fingerprint density at radius 1 is 1.33 bits per heavy atom. The van der Waals surface area contributed by atoms with Crippen molar-refractivity contribution in [3.05, 3.63) is 34.6 Å². The van der Waals surface area contributed by atoms with Crippen LogP contribution in [-0.2, 0) is 12.0 Å². The zero-order chi connectivity index (χ0) is 15.6. The first kappa shape index (κ1) is 15.9. The maximum atomic E-state index is 14.0. The predicted molar refractivity (Wildman–Crippen MR) is 85.3 cm³/mol. The van der Waals surface area contributed by atoms with Gasteiger partial charge < -0.3 is 10.4 Å². The summed E-state index contributed by atoms with van der Waals surface area (Å²) in [6.45, 7) is 9.99. The van der Waals surface area contributed by atoms with Crippen molar-refractivity contribution in [2.75, 3.05) is 6.54 Å². The highest BCUT2D eigenvalue weighted by Crippen LogP contribution is 2.36. The summed E-state index contributed by atoms with van der Waals surface area (Å²) in [5.74, 6) is -0.518. The molecule has 21 heavy (non-hydrogen) atoms. The normalized spacial score (nSPS) is 11.9. The second-order valence-electron chi connectivity index (χ2n) is 5.99. The molecule has 0 radical (unpaired) electrons.